The number of halogens is 2. The van der Waals surface area contributed by atoms with Crippen molar-refractivity contribution in [3.63, 3.8) is 0 Å². The summed E-state index contributed by atoms with van der Waals surface area (Å²) in [6.45, 7) is 7.85. The van der Waals surface area contributed by atoms with E-state index >= 15 is 0 Å². The molecule has 0 fully saturated rings. The van der Waals surface area contributed by atoms with Crippen LogP contribution < -0.4 is 0 Å². The minimum atomic E-state index is -3.57. The number of hydrogen-bond donors (Lipinski definition) is 0. The molecule has 0 aliphatic carbocycles. The molecule has 0 unspecified atom stereocenters. The third-order valence-corrected chi connectivity index (χ3v) is 4.74. The Labute approximate surface area is 173 Å². The van der Waals surface area contributed by atoms with Crippen LogP contribution in [-0.2, 0) is 4.79 Å². The van der Waals surface area contributed by atoms with E-state index in [1.54, 1.807) is 29.1 Å². The molecule has 152 valence electrons. The Hall–Kier alpha value is -3.66. The first-order valence-corrected chi connectivity index (χ1v) is 9.22. The maximum atomic E-state index is 13.4. The lowest BCUT2D eigenvalue weighted by atomic mass is 9.99. The van der Waals surface area contributed by atoms with Crippen LogP contribution >= 0.6 is 0 Å². The summed E-state index contributed by atoms with van der Waals surface area (Å²) in [7, 11) is 0. The first kappa shape index (κ1) is 21.1. The van der Waals surface area contributed by atoms with E-state index in [-0.39, 0.29) is 5.71 Å². The summed E-state index contributed by atoms with van der Waals surface area (Å²) in [6.07, 6.45) is 1.59. The molecule has 0 aliphatic rings. The quantitative estimate of drug-likeness (QED) is 0.549. The maximum absolute atomic E-state index is 13.4. The van der Waals surface area contributed by atoms with Gasteiger partial charge >= 0.3 is 11.8 Å². The van der Waals surface area contributed by atoms with Crippen LogP contribution in [0.5, 0.6) is 0 Å². The molecule has 0 N–H and O–H groups in total. The summed E-state index contributed by atoms with van der Waals surface area (Å²) in [5.74, 6) is -5.07. The molecule has 1 aromatic heterocycles. The summed E-state index contributed by atoms with van der Waals surface area (Å²) >= 11 is 0. The fourth-order valence-corrected chi connectivity index (χ4v) is 3.16. The monoisotopic (exact) mass is 406 g/mol. The number of rotatable bonds is 5. The predicted molar refractivity (Wildman–Crippen MR) is 112 cm³/mol. The predicted octanol–water partition coefficient (Wildman–Crippen LogP) is 5.17. The molecule has 5 nitrogen and oxygen atoms in total. The van der Waals surface area contributed by atoms with Gasteiger partial charge in [-0.3, -0.25) is 9.48 Å². The average Bonchev–Trinajstić information content (AvgIpc) is 3.10. The van der Waals surface area contributed by atoms with Gasteiger partial charge in [0.25, 0.3) is 0 Å². The molecule has 0 aliphatic heterocycles. The third kappa shape index (κ3) is 4.18. The zero-order valence-electron chi connectivity index (χ0n) is 16.9. The number of allylic oxidation sites excluding steroid dienone is 1. The van der Waals surface area contributed by atoms with Crippen molar-refractivity contribution >= 4 is 28.1 Å². The number of amides is 1. The molecule has 1 amide bonds. The van der Waals surface area contributed by atoms with Crippen molar-refractivity contribution < 1.29 is 13.6 Å². The summed E-state index contributed by atoms with van der Waals surface area (Å²) in [5, 5.41) is 14.2. The molecule has 0 bridgehead atoms. The lowest BCUT2D eigenvalue weighted by Gasteiger charge is -2.20. The highest BCUT2D eigenvalue weighted by Crippen LogP contribution is 2.27. The molecule has 7 heteroatoms. The zero-order valence-corrected chi connectivity index (χ0v) is 16.9. The number of carbonyl (C=O) groups excluding carboxylic acids is 1. The number of carbonyl (C=O) groups is 1. The van der Waals surface area contributed by atoms with Crippen molar-refractivity contribution in [1.82, 2.24) is 9.78 Å². The van der Waals surface area contributed by atoms with Crippen molar-refractivity contribution in [2.75, 3.05) is 0 Å². The Morgan fingerprint density at radius 1 is 1.23 bits per heavy atom. The number of benzene rings is 2. The SMILES string of the molecule is C=C(C)c1ccc([C@H](C(C)=NC(=O)C(C)(F)F)n2ncc3cc(C#N)ccc32)cc1. The average molecular weight is 406 g/mol. The van der Waals surface area contributed by atoms with Crippen LogP contribution in [0.4, 0.5) is 8.78 Å². The molecule has 3 rings (SSSR count). The van der Waals surface area contributed by atoms with E-state index in [9.17, 15) is 13.6 Å². The Balaban J connectivity index is 2.17. The van der Waals surface area contributed by atoms with Gasteiger partial charge < -0.3 is 0 Å². The Bertz CT molecular complexity index is 1190. The normalized spacial score (nSPS) is 13.1. The lowest BCUT2D eigenvalue weighted by molar-refractivity contribution is -0.139. The highest BCUT2D eigenvalue weighted by Gasteiger charge is 2.33. The van der Waals surface area contributed by atoms with E-state index < -0.39 is 17.9 Å². The topological polar surface area (TPSA) is 71.0 Å². The van der Waals surface area contributed by atoms with E-state index in [2.05, 4.69) is 22.7 Å². The molecule has 2 aromatic carbocycles. The third-order valence-electron chi connectivity index (χ3n) is 4.74. The van der Waals surface area contributed by atoms with Crippen molar-refractivity contribution in [2.45, 2.75) is 32.7 Å². The zero-order chi connectivity index (χ0) is 22.1. The number of hydrogen-bond acceptors (Lipinski definition) is 3. The van der Waals surface area contributed by atoms with Crippen LogP contribution in [-0.4, -0.2) is 27.3 Å². The number of nitriles is 1. The van der Waals surface area contributed by atoms with Crippen molar-refractivity contribution in [1.29, 1.82) is 5.26 Å². The maximum Gasteiger partial charge on any atom is 0.324 e. The molecule has 3 aromatic rings. The highest BCUT2D eigenvalue weighted by atomic mass is 19.3. The first-order chi connectivity index (χ1) is 14.1. The van der Waals surface area contributed by atoms with Gasteiger partial charge in [-0.05, 0) is 43.2 Å². The van der Waals surface area contributed by atoms with Crippen LogP contribution in [0, 0.1) is 11.3 Å². The van der Waals surface area contributed by atoms with E-state index in [4.69, 9.17) is 5.26 Å². The lowest BCUT2D eigenvalue weighted by Crippen LogP contribution is -2.26. The van der Waals surface area contributed by atoms with Gasteiger partial charge in [0.1, 0.15) is 6.04 Å². The molecule has 0 radical (unpaired) electrons. The van der Waals surface area contributed by atoms with Gasteiger partial charge in [0.05, 0.1) is 23.3 Å². The van der Waals surface area contributed by atoms with Gasteiger partial charge in [-0.1, -0.05) is 36.4 Å². The summed E-state index contributed by atoms with van der Waals surface area (Å²) in [4.78, 5) is 15.5. The molecule has 0 saturated heterocycles. The second-order valence-electron chi connectivity index (χ2n) is 7.23. The van der Waals surface area contributed by atoms with Gasteiger partial charge in [0.15, 0.2) is 0 Å². The second kappa shape index (κ2) is 7.99. The number of nitrogens with zero attached hydrogens (tertiary/aromatic N) is 4. The second-order valence-corrected chi connectivity index (χ2v) is 7.23. The van der Waals surface area contributed by atoms with Crippen LogP contribution in [0.2, 0.25) is 0 Å². The van der Waals surface area contributed by atoms with Gasteiger partial charge in [0.2, 0.25) is 0 Å². The molecule has 1 atom stereocenters. The molecule has 0 spiro atoms. The van der Waals surface area contributed by atoms with Crippen LogP contribution in [0.25, 0.3) is 16.5 Å². The molecular formula is C23H20F2N4O. The number of fused-ring (bicyclic) bond motifs is 1. The molecule has 0 saturated carbocycles. The number of aromatic nitrogens is 2. The van der Waals surface area contributed by atoms with E-state index in [1.165, 1.54) is 6.92 Å². The molecule has 30 heavy (non-hydrogen) atoms. The van der Waals surface area contributed by atoms with E-state index in [0.717, 1.165) is 22.1 Å². The fourth-order valence-electron chi connectivity index (χ4n) is 3.16. The van der Waals surface area contributed by atoms with Gasteiger partial charge in [0, 0.05) is 18.0 Å². The van der Waals surface area contributed by atoms with Crippen LogP contribution in [0.3, 0.4) is 0 Å². The van der Waals surface area contributed by atoms with Crippen molar-refractivity contribution in [3.05, 3.63) is 71.9 Å². The van der Waals surface area contributed by atoms with Crippen molar-refractivity contribution in [2.24, 2.45) is 4.99 Å². The molecule has 1 heterocycles. The Morgan fingerprint density at radius 3 is 2.47 bits per heavy atom. The minimum absolute atomic E-state index is 0.180. The van der Waals surface area contributed by atoms with Crippen LogP contribution in [0.1, 0.15) is 43.5 Å². The van der Waals surface area contributed by atoms with E-state index in [1.807, 2.05) is 31.2 Å². The molecular weight excluding hydrogens is 386 g/mol. The van der Waals surface area contributed by atoms with Crippen molar-refractivity contribution in [3.8, 4) is 6.07 Å². The minimum Gasteiger partial charge on any atom is -0.266 e. The summed E-state index contributed by atoms with van der Waals surface area (Å²) in [6, 6.07) is 13.9. The fraction of sp³-hybridized carbons (Fsp3) is 0.217. The largest absolute Gasteiger partial charge is 0.324 e. The Morgan fingerprint density at radius 2 is 1.90 bits per heavy atom. The highest BCUT2D eigenvalue weighted by molar-refractivity contribution is 6.00. The summed E-state index contributed by atoms with van der Waals surface area (Å²) in [5.41, 5.74) is 3.90. The van der Waals surface area contributed by atoms with Gasteiger partial charge in [-0.15, -0.1) is 0 Å². The van der Waals surface area contributed by atoms with Gasteiger partial charge in [-0.25, -0.2) is 4.99 Å². The van der Waals surface area contributed by atoms with E-state index in [0.29, 0.717) is 18.0 Å². The first-order valence-electron chi connectivity index (χ1n) is 9.22. The van der Waals surface area contributed by atoms with Crippen LogP contribution in [0.15, 0.2) is 60.2 Å². The van der Waals surface area contributed by atoms with Gasteiger partial charge in [-0.2, -0.15) is 19.1 Å². The standard InChI is InChI=1S/C23H20F2N4O/c1-14(2)17-6-8-18(9-7-17)21(15(3)28-22(30)23(4,24)25)29-20-10-5-16(12-26)11-19(20)13-27-29/h5-11,13,21H,1H2,2-4H3/t21-/m0/s1. The Kier molecular flexibility index (Phi) is 5.61. The number of alkyl halides is 2. The number of aliphatic imine (C=N–C) groups is 1. The smallest absolute Gasteiger partial charge is 0.266 e. The summed E-state index contributed by atoms with van der Waals surface area (Å²) < 4.78 is 28.5.